The van der Waals surface area contributed by atoms with Crippen LogP contribution in [0.25, 0.3) is 0 Å². The molecule has 0 saturated carbocycles. The van der Waals surface area contributed by atoms with Crippen molar-refractivity contribution in [1.29, 1.82) is 0 Å². The fourth-order valence-corrected chi connectivity index (χ4v) is 4.45. The Hall–Kier alpha value is -1.31. The lowest BCUT2D eigenvalue weighted by Gasteiger charge is -2.28. The van der Waals surface area contributed by atoms with E-state index in [1.54, 1.807) is 6.07 Å². The lowest BCUT2D eigenvalue weighted by Crippen LogP contribution is -2.42. The van der Waals surface area contributed by atoms with E-state index >= 15 is 0 Å². The molecule has 0 aromatic heterocycles. The molecule has 1 heterocycles. The number of anilines is 1. The molecule has 6 nitrogen and oxygen atoms in total. The van der Waals surface area contributed by atoms with Crippen LogP contribution in [0.4, 0.5) is 5.69 Å². The number of nitrogen functional groups attached to an aromatic ring is 1. The molecule has 1 unspecified atom stereocenters. The minimum absolute atomic E-state index is 0.0728. The van der Waals surface area contributed by atoms with Crippen molar-refractivity contribution < 1.29 is 18.3 Å². The number of hydrogen-bond acceptors (Lipinski definition) is 5. The molecular formula is C14H22N2O4S. The van der Waals surface area contributed by atoms with Gasteiger partial charge in [0.15, 0.2) is 0 Å². The van der Waals surface area contributed by atoms with E-state index in [9.17, 15) is 13.5 Å². The normalized spacial score (nSPS) is 21.0. The zero-order valence-electron chi connectivity index (χ0n) is 12.2. The number of nitrogens with zero attached hydrogens (tertiary/aromatic N) is 1. The van der Waals surface area contributed by atoms with Crippen molar-refractivity contribution in [2.24, 2.45) is 0 Å². The molecule has 1 fully saturated rings. The summed E-state index contributed by atoms with van der Waals surface area (Å²) in [7, 11) is -2.21. The molecule has 1 aromatic carbocycles. The first-order valence-electron chi connectivity index (χ1n) is 7.07. The maximum absolute atomic E-state index is 12.8. The van der Waals surface area contributed by atoms with Gasteiger partial charge in [-0.2, -0.15) is 4.31 Å². The molecule has 2 rings (SSSR count). The number of ether oxygens (including phenoxy) is 1. The fourth-order valence-electron chi connectivity index (χ4n) is 2.66. The fraction of sp³-hybridized carbons (Fsp3) is 0.571. The highest BCUT2D eigenvalue weighted by molar-refractivity contribution is 7.89. The molecule has 1 atom stereocenters. The van der Waals surface area contributed by atoms with Crippen molar-refractivity contribution >= 4 is 15.7 Å². The van der Waals surface area contributed by atoms with Gasteiger partial charge in [-0.3, -0.25) is 0 Å². The molecule has 1 aliphatic heterocycles. The van der Waals surface area contributed by atoms with Crippen molar-refractivity contribution in [3.8, 4) is 5.75 Å². The van der Waals surface area contributed by atoms with Crippen molar-refractivity contribution in [2.45, 2.75) is 36.6 Å². The predicted octanol–water partition coefficient (Wildman–Crippen LogP) is 1.20. The second-order valence-electron chi connectivity index (χ2n) is 5.21. The summed E-state index contributed by atoms with van der Waals surface area (Å²) >= 11 is 0. The molecule has 0 aliphatic carbocycles. The molecule has 7 heteroatoms. The molecular weight excluding hydrogens is 292 g/mol. The zero-order chi connectivity index (χ0) is 15.5. The van der Waals surface area contributed by atoms with Crippen molar-refractivity contribution in [3.05, 3.63) is 18.2 Å². The van der Waals surface area contributed by atoms with Gasteiger partial charge >= 0.3 is 0 Å². The number of aliphatic hydroxyl groups is 1. The Labute approximate surface area is 125 Å². The van der Waals surface area contributed by atoms with Crippen LogP contribution in [0.5, 0.6) is 5.75 Å². The van der Waals surface area contributed by atoms with E-state index in [1.807, 2.05) is 0 Å². The minimum Gasteiger partial charge on any atom is -0.497 e. The summed E-state index contributed by atoms with van der Waals surface area (Å²) in [4.78, 5) is 0.0728. The molecule has 1 aromatic rings. The van der Waals surface area contributed by atoms with E-state index in [-0.39, 0.29) is 23.2 Å². The highest BCUT2D eigenvalue weighted by Crippen LogP contribution is 2.30. The standard InChI is InChI=1S/C14H22N2O4S/c1-20-12-6-7-14(13(15)9-12)21(18,19)16-8-4-2-3-5-11(16)10-17/h6-7,9,11,17H,2-5,8,10,15H2,1H3. The van der Waals surface area contributed by atoms with Crippen LogP contribution in [0.2, 0.25) is 0 Å². The smallest absolute Gasteiger partial charge is 0.245 e. The zero-order valence-corrected chi connectivity index (χ0v) is 13.0. The van der Waals surface area contributed by atoms with E-state index < -0.39 is 10.0 Å². The van der Waals surface area contributed by atoms with Gasteiger partial charge in [0.05, 0.1) is 19.4 Å². The Morgan fingerprint density at radius 2 is 2.14 bits per heavy atom. The number of methoxy groups -OCH3 is 1. The van der Waals surface area contributed by atoms with Crippen molar-refractivity contribution in [3.63, 3.8) is 0 Å². The van der Waals surface area contributed by atoms with Crippen LogP contribution >= 0.6 is 0 Å². The first kappa shape index (κ1) is 16.1. The molecule has 0 amide bonds. The first-order valence-corrected chi connectivity index (χ1v) is 8.51. The maximum atomic E-state index is 12.8. The van der Waals surface area contributed by atoms with Gasteiger partial charge in [0.25, 0.3) is 0 Å². The maximum Gasteiger partial charge on any atom is 0.245 e. The molecule has 1 aliphatic rings. The van der Waals surface area contributed by atoms with Crippen LogP contribution in [-0.2, 0) is 10.0 Å². The van der Waals surface area contributed by atoms with Gasteiger partial charge in [-0.05, 0) is 25.0 Å². The number of aliphatic hydroxyl groups excluding tert-OH is 1. The number of sulfonamides is 1. The summed E-state index contributed by atoms with van der Waals surface area (Å²) in [5.41, 5.74) is 6.03. The molecule has 21 heavy (non-hydrogen) atoms. The van der Waals surface area contributed by atoms with E-state index in [0.717, 1.165) is 19.3 Å². The summed E-state index contributed by atoms with van der Waals surface area (Å²) in [6, 6.07) is 4.16. The highest BCUT2D eigenvalue weighted by atomic mass is 32.2. The molecule has 0 radical (unpaired) electrons. The Morgan fingerprint density at radius 3 is 2.76 bits per heavy atom. The molecule has 1 saturated heterocycles. The van der Waals surface area contributed by atoms with Gasteiger partial charge in [-0.1, -0.05) is 12.8 Å². The topological polar surface area (TPSA) is 92.9 Å². The van der Waals surface area contributed by atoms with Gasteiger partial charge in [0.2, 0.25) is 10.0 Å². The van der Waals surface area contributed by atoms with Crippen LogP contribution in [0, 0.1) is 0 Å². The highest BCUT2D eigenvalue weighted by Gasteiger charge is 2.33. The summed E-state index contributed by atoms with van der Waals surface area (Å²) < 4.78 is 32.1. The number of benzene rings is 1. The summed E-state index contributed by atoms with van der Waals surface area (Å²) in [5.74, 6) is 0.515. The third-order valence-corrected chi connectivity index (χ3v) is 5.86. The Kier molecular flexibility index (Phi) is 5.08. The van der Waals surface area contributed by atoms with Crippen LogP contribution in [-0.4, -0.2) is 44.1 Å². The Balaban J connectivity index is 2.39. The van der Waals surface area contributed by atoms with E-state index in [4.69, 9.17) is 10.5 Å². The largest absolute Gasteiger partial charge is 0.497 e. The number of hydrogen-bond donors (Lipinski definition) is 2. The molecule has 3 N–H and O–H groups in total. The van der Waals surface area contributed by atoms with Crippen LogP contribution < -0.4 is 10.5 Å². The predicted molar refractivity (Wildman–Crippen MR) is 80.6 cm³/mol. The quantitative estimate of drug-likeness (QED) is 0.815. The molecule has 118 valence electrons. The average molecular weight is 314 g/mol. The summed E-state index contributed by atoms with van der Waals surface area (Å²) in [6.07, 6.45) is 3.37. The Bertz CT molecular complexity index is 589. The third kappa shape index (κ3) is 3.30. The number of rotatable bonds is 4. The van der Waals surface area contributed by atoms with Crippen LogP contribution in [0.3, 0.4) is 0 Å². The Morgan fingerprint density at radius 1 is 1.38 bits per heavy atom. The van der Waals surface area contributed by atoms with Gasteiger partial charge in [-0.25, -0.2) is 8.42 Å². The number of nitrogens with two attached hydrogens (primary N) is 1. The second-order valence-corrected chi connectivity index (χ2v) is 7.06. The van der Waals surface area contributed by atoms with Gasteiger partial charge in [-0.15, -0.1) is 0 Å². The second kappa shape index (κ2) is 6.64. The van der Waals surface area contributed by atoms with Crippen LogP contribution in [0.1, 0.15) is 25.7 Å². The van der Waals surface area contributed by atoms with E-state index in [2.05, 4.69) is 0 Å². The lowest BCUT2D eigenvalue weighted by atomic mass is 10.1. The van der Waals surface area contributed by atoms with E-state index in [1.165, 1.54) is 23.5 Å². The first-order chi connectivity index (χ1) is 10.0. The SMILES string of the molecule is COc1ccc(S(=O)(=O)N2CCCCCC2CO)c(N)c1. The minimum atomic E-state index is -3.71. The third-order valence-electron chi connectivity index (χ3n) is 3.84. The monoisotopic (exact) mass is 314 g/mol. The lowest BCUT2D eigenvalue weighted by molar-refractivity contribution is 0.186. The molecule has 0 spiro atoms. The summed E-state index contributed by atoms with van der Waals surface area (Å²) in [6.45, 7) is 0.244. The van der Waals surface area contributed by atoms with Gasteiger partial charge < -0.3 is 15.6 Å². The van der Waals surface area contributed by atoms with Crippen LogP contribution in [0.15, 0.2) is 23.1 Å². The van der Waals surface area contributed by atoms with Crippen molar-refractivity contribution in [2.75, 3.05) is 26.0 Å². The van der Waals surface area contributed by atoms with E-state index in [0.29, 0.717) is 18.7 Å². The molecule has 0 bridgehead atoms. The van der Waals surface area contributed by atoms with Gasteiger partial charge in [0.1, 0.15) is 10.6 Å². The average Bonchev–Trinajstić information content (AvgIpc) is 2.72. The summed E-state index contributed by atoms with van der Waals surface area (Å²) in [5, 5.41) is 9.49. The van der Waals surface area contributed by atoms with Gasteiger partial charge in [0, 0.05) is 18.7 Å². The van der Waals surface area contributed by atoms with Crippen molar-refractivity contribution in [1.82, 2.24) is 4.31 Å².